The van der Waals surface area contributed by atoms with Crippen molar-refractivity contribution in [1.82, 2.24) is 5.32 Å². The minimum absolute atomic E-state index is 0.231. The largest absolute Gasteiger partial charge is 0.465 e. The van der Waals surface area contributed by atoms with Crippen LogP contribution < -0.4 is 10.6 Å². The molecular formula is C21H18N2O4S. The highest BCUT2D eigenvalue weighted by atomic mass is 32.1. The van der Waals surface area contributed by atoms with E-state index in [4.69, 9.17) is 4.74 Å². The minimum Gasteiger partial charge on any atom is -0.465 e. The lowest BCUT2D eigenvalue weighted by Gasteiger charge is -2.19. The Balaban J connectivity index is 1.87. The summed E-state index contributed by atoms with van der Waals surface area (Å²) in [6.45, 7) is 0. The highest BCUT2D eigenvalue weighted by Gasteiger charge is 2.25. The number of para-hydroxylation sites is 1. The Morgan fingerprint density at radius 2 is 1.64 bits per heavy atom. The first-order valence-electron chi connectivity index (χ1n) is 8.47. The van der Waals surface area contributed by atoms with Crippen LogP contribution in [0, 0.1) is 0 Å². The van der Waals surface area contributed by atoms with Gasteiger partial charge in [0.05, 0.1) is 23.2 Å². The second kappa shape index (κ2) is 8.96. The molecule has 0 spiro atoms. The molecule has 1 heterocycles. The molecule has 0 saturated heterocycles. The molecule has 0 saturated carbocycles. The lowest BCUT2D eigenvalue weighted by atomic mass is 10.1. The van der Waals surface area contributed by atoms with Crippen LogP contribution in [0.3, 0.4) is 0 Å². The average Bonchev–Trinajstić information content (AvgIpc) is 3.27. The van der Waals surface area contributed by atoms with Crippen molar-refractivity contribution in [2.45, 2.75) is 6.04 Å². The zero-order chi connectivity index (χ0) is 19.9. The number of benzene rings is 2. The van der Waals surface area contributed by atoms with Crippen LogP contribution in [0.4, 0.5) is 5.69 Å². The highest BCUT2D eigenvalue weighted by molar-refractivity contribution is 7.12. The van der Waals surface area contributed by atoms with E-state index in [-0.39, 0.29) is 11.5 Å². The number of hydrogen-bond donors (Lipinski definition) is 2. The fourth-order valence-corrected chi connectivity index (χ4v) is 3.27. The van der Waals surface area contributed by atoms with E-state index >= 15 is 0 Å². The maximum Gasteiger partial charge on any atom is 0.339 e. The first-order valence-corrected chi connectivity index (χ1v) is 9.35. The predicted octanol–water partition coefficient (Wildman–Crippen LogP) is 3.64. The van der Waals surface area contributed by atoms with Crippen molar-refractivity contribution in [2.75, 3.05) is 12.4 Å². The fourth-order valence-electron chi connectivity index (χ4n) is 2.64. The van der Waals surface area contributed by atoms with Gasteiger partial charge in [0.2, 0.25) is 0 Å². The van der Waals surface area contributed by atoms with Crippen LogP contribution in [0.1, 0.15) is 31.6 Å². The third kappa shape index (κ3) is 4.44. The van der Waals surface area contributed by atoms with E-state index in [1.807, 2.05) is 6.07 Å². The van der Waals surface area contributed by atoms with Gasteiger partial charge in [0, 0.05) is 0 Å². The van der Waals surface area contributed by atoms with E-state index in [0.717, 1.165) is 0 Å². The summed E-state index contributed by atoms with van der Waals surface area (Å²) < 4.78 is 4.76. The standard InChI is InChI=1S/C21H18N2O4S/c1-27-21(26)15-10-5-6-11-16(15)22-20(25)18(14-8-3-2-4-9-14)23-19(24)17-12-7-13-28-17/h2-13,18H,1H3,(H,22,25)(H,23,24). The van der Waals surface area contributed by atoms with E-state index in [0.29, 0.717) is 16.1 Å². The second-order valence-electron chi connectivity index (χ2n) is 5.82. The number of nitrogens with one attached hydrogen (secondary N) is 2. The molecule has 0 radical (unpaired) electrons. The van der Waals surface area contributed by atoms with Crippen LogP contribution in [0.15, 0.2) is 72.1 Å². The lowest BCUT2D eigenvalue weighted by molar-refractivity contribution is -0.118. The van der Waals surface area contributed by atoms with Crippen molar-refractivity contribution >= 4 is 34.8 Å². The van der Waals surface area contributed by atoms with E-state index in [9.17, 15) is 14.4 Å². The van der Waals surface area contributed by atoms with Gasteiger partial charge < -0.3 is 15.4 Å². The van der Waals surface area contributed by atoms with Gasteiger partial charge in [-0.2, -0.15) is 0 Å². The summed E-state index contributed by atoms with van der Waals surface area (Å²) in [6, 6.07) is 18.0. The molecule has 0 bridgehead atoms. The first-order chi connectivity index (χ1) is 13.6. The molecule has 2 aromatic carbocycles. The maximum atomic E-state index is 13.0. The minimum atomic E-state index is -0.929. The molecule has 0 fully saturated rings. The molecule has 1 unspecified atom stereocenters. The number of methoxy groups -OCH3 is 1. The Labute approximate surface area is 166 Å². The number of esters is 1. The Kier molecular flexibility index (Phi) is 6.18. The van der Waals surface area contributed by atoms with Crippen LogP contribution in [0.5, 0.6) is 0 Å². The van der Waals surface area contributed by atoms with Gasteiger partial charge in [0.15, 0.2) is 0 Å². The molecule has 1 atom stereocenters. The van der Waals surface area contributed by atoms with E-state index in [1.165, 1.54) is 18.4 Å². The maximum absolute atomic E-state index is 13.0. The van der Waals surface area contributed by atoms with Crippen molar-refractivity contribution in [3.63, 3.8) is 0 Å². The van der Waals surface area contributed by atoms with E-state index in [2.05, 4.69) is 10.6 Å². The van der Waals surface area contributed by atoms with Crippen LogP contribution in [-0.2, 0) is 9.53 Å². The predicted molar refractivity (Wildman–Crippen MR) is 107 cm³/mol. The Bertz CT molecular complexity index is 971. The second-order valence-corrected chi connectivity index (χ2v) is 6.77. The van der Waals surface area contributed by atoms with Gasteiger partial charge in [-0.25, -0.2) is 4.79 Å². The molecule has 28 heavy (non-hydrogen) atoms. The number of thiophene rings is 1. The number of amides is 2. The summed E-state index contributed by atoms with van der Waals surface area (Å²) in [7, 11) is 1.27. The molecule has 2 amide bonds. The number of rotatable bonds is 6. The molecule has 1 aromatic heterocycles. The van der Waals surface area contributed by atoms with Gasteiger partial charge in [0.25, 0.3) is 11.8 Å². The van der Waals surface area contributed by atoms with Crippen molar-refractivity contribution in [1.29, 1.82) is 0 Å². The zero-order valence-corrected chi connectivity index (χ0v) is 15.9. The normalized spacial score (nSPS) is 11.3. The third-order valence-electron chi connectivity index (χ3n) is 4.01. The molecule has 0 aliphatic rings. The monoisotopic (exact) mass is 394 g/mol. The van der Waals surface area contributed by atoms with E-state index < -0.39 is 17.9 Å². The van der Waals surface area contributed by atoms with Crippen molar-refractivity contribution < 1.29 is 19.1 Å². The van der Waals surface area contributed by atoms with Gasteiger partial charge in [-0.15, -0.1) is 11.3 Å². The van der Waals surface area contributed by atoms with Crippen LogP contribution in [0.2, 0.25) is 0 Å². The number of carbonyl (C=O) groups is 3. The topological polar surface area (TPSA) is 84.5 Å². The van der Waals surface area contributed by atoms with Crippen LogP contribution in [-0.4, -0.2) is 24.9 Å². The van der Waals surface area contributed by atoms with Crippen LogP contribution >= 0.6 is 11.3 Å². The smallest absolute Gasteiger partial charge is 0.339 e. The summed E-state index contributed by atoms with van der Waals surface area (Å²) in [5.41, 5.74) is 1.17. The molecule has 0 aliphatic carbocycles. The number of anilines is 1. The van der Waals surface area contributed by atoms with Crippen LogP contribution in [0.25, 0.3) is 0 Å². The van der Waals surface area contributed by atoms with Gasteiger partial charge in [-0.1, -0.05) is 48.5 Å². The number of carbonyl (C=O) groups excluding carboxylic acids is 3. The summed E-state index contributed by atoms with van der Waals surface area (Å²) >= 11 is 1.29. The molecule has 0 aliphatic heterocycles. The Morgan fingerprint density at radius 3 is 2.32 bits per heavy atom. The van der Waals surface area contributed by atoms with Gasteiger partial charge in [0.1, 0.15) is 6.04 Å². The Morgan fingerprint density at radius 1 is 0.929 bits per heavy atom. The highest BCUT2D eigenvalue weighted by Crippen LogP contribution is 2.21. The molecule has 3 aromatic rings. The van der Waals surface area contributed by atoms with Gasteiger partial charge in [-0.3, -0.25) is 9.59 Å². The first kappa shape index (κ1) is 19.3. The molecule has 7 heteroatoms. The summed E-state index contributed by atoms with van der Waals surface area (Å²) in [5.74, 6) is -1.37. The average molecular weight is 394 g/mol. The summed E-state index contributed by atoms with van der Waals surface area (Å²) in [4.78, 5) is 38.0. The Hall–Kier alpha value is -3.45. The molecular weight excluding hydrogens is 376 g/mol. The molecule has 142 valence electrons. The molecule has 2 N–H and O–H groups in total. The quantitative estimate of drug-likeness (QED) is 0.625. The summed E-state index contributed by atoms with van der Waals surface area (Å²) in [5, 5.41) is 7.28. The third-order valence-corrected chi connectivity index (χ3v) is 4.87. The van der Waals surface area contributed by atoms with Crippen molar-refractivity contribution in [3.8, 4) is 0 Å². The number of hydrogen-bond acceptors (Lipinski definition) is 5. The molecule has 3 rings (SSSR count). The SMILES string of the molecule is COC(=O)c1ccccc1NC(=O)C(NC(=O)c1cccs1)c1ccccc1. The molecule has 6 nitrogen and oxygen atoms in total. The van der Waals surface area contributed by atoms with E-state index in [1.54, 1.807) is 66.0 Å². The van der Waals surface area contributed by atoms with Crippen molar-refractivity contribution in [3.05, 3.63) is 88.1 Å². The van der Waals surface area contributed by atoms with Gasteiger partial charge in [-0.05, 0) is 29.1 Å². The van der Waals surface area contributed by atoms with Gasteiger partial charge >= 0.3 is 5.97 Å². The lowest BCUT2D eigenvalue weighted by Crippen LogP contribution is -2.37. The summed E-state index contributed by atoms with van der Waals surface area (Å²) in [6.07, 6.45) is 0. The zero-order valence-electron chi connectivity index (χ0n) is 15.0. The van der Waals surface area contributed by atoms with Crippen molar-refractivity contribution in [2.24, 2.45) is 0 Å². The number of ether oxygens (including phenoxy) is 1. The fraction of sp³-hybridized carbons (Fsp3) is 0.0952.